The van der Waals surface area contributed by atoms with Crippen LogP contribution in [0.1, 0.15) is 32.1 Å². The molecule has 0 spiro atoms. The molecule has 0 aliphatic carbocycles. The fraction of sp³-hybridized carbons (Fsp3) is 0.938. The van der Waals surface area contributed by atoms with Crippen LogP contribution in [0.3, 0.4) is 0 Å². The van der Waals surface area contributed by atoms with Gasteiger partial charge in [-0.15, -0.1) is 12.4 Å². The lowest BCUT2D eigenvalue weighted by molar-refractivity contribution is -0.123. The Morgan fingerprint density at radius 2 is 2.04 bits per heavy atom. The smallest absolute Gasteiger partial charge is 0.237 e. The van der Waals surface area contributed by atoms with Gasteiger partial charge in [-0.1, -0.05) is 0 Å². The minimum Gasteiger partial charge on any atom is -0.381 e. The largest absolute Gasteiger partial charge is 0.381 e. The second kappa shape index (κ2) is 9.50. The van der Waals surface area contributed by atoms with Crippen molar-refractivity contribution in [2.75, 3.05) is 45.1 Å². The van der Waals surface area contributed by atoms with Crippen molar-refractivity contribution in [1.29, 1.82) is 0 Å². The number of rotatable bonds is 6. The third-order valence-corrected chi connectivity index (χ3v) is 7.30. The zero-order valence-electron chi connectivity index (χ0n) is 14.6. The number of halogens is 1. The van der Waals surface area contributed by atoms with E-state index in [-0.39, 0.29) is 41.9 Å². The first-order valence-corrected chi connectivity index (χ1v) is 10.7. The quantitative estimate of drug-likeness (QED) is 0.677. The Hall–Kier alpha value is -0.410. The first kappa shape index (κ1) is 20.9. The molecular weight excluding hydrogens is 366 g/mol. The lowest BCUT2D eigenvalue weighted by Gasteiger charge is -2.32. The van der Waals surface area contributed by atoms with Gasteiger partial charge in [0.2, 0.25) is 15.9 Å². The summed E-state index contributed by atoms with van der Waals surface area (Å²) in [6, 6.07) is -0.0733. The zero-order valence-corrected chi connectivity index (χ0v) is 16.2. The third-order valence-electron chi connectivity index (χ3n) is 5.29. The number of sulfonamides is 1. The average molecular weight is 396 g/mol. The predicted octanol–water partition coefficient (Wildman–Crippen LogP) is 0.355. The summed E-state index contributed by atoms with van der Waals surface area (Å²) in [5, 5.41) is 6.18. The van der Waals surface area contributed by atoms with Crippen LogP contribution in [-0.2, 0) is 19.6 Å². The number of carbonyl (C=O) groups excluding carboxylic acids is 1. The van der Waals surface area contributed by atoms with Gasteiger partial charge in [0.1, 0.15) is 0 Å². The standard InChI is InChI=1S/C16H29N3O4S.ClH/c20-16(15-4-1-6-17-15)18-9-13-3-2-7-19(10-13)24(21,22)12-14-5-8-23-11-14;/h13-15,17H,1-12H2,(H,18,20);1H. The Morgan fingerprint density at radius 1 is 1.20 bits per heavy atom. The van der Waals surface area contributed by atoms with Gasteiger partial charge in [0.05, 0.1) is 18.4 Å². The van der Waals surface area contributed by atoms with Gasteiger partial charge in [-0.05, 0) is 50.5 Å². The van der Waals surface area contributed by atoms with Crippen LogP contribution < -0.4 is 10.6 Å². The highest BCUT2D eigenvalue weighted by Crippen LogP contribution is 2.22. The normalized spacial score (nSPS) is 30.8. The molecule has 0 aromatic rings. The Bertz CT molecular complexity index is 533. The molecule has 3 aliphatic rings. The average Bonchev–Trinajstić information content (AvgIpc) is 3.26. The first-order chi connectivity index (χ1) is 11.5. The molecule has 3 rings (SSSR count). The molecule has 0 bridgehead atoms. The molecule has 3 heterocycles. The molecule has 7 nitrogen and oxygen atoms in total. The molecule has 0 aromatic heterocycles. The molecule has 146 valence electrons. The molecule has 0 saturated carbocycles. The SMILES string of the molecule is Cl.O=C(NCC1CCCN(S(=O)(=O)CC2CCOC2)C1)C1CCCN1. The summed E-state index contributed by atoms with van der Waals surface area (Å²) < 4.78 is 32.1. The summed E-state index contributed by atoms with van der Waals surface area (Å²) in [5.41, 5.74) is 0. The molecule has 3 unspecified atom stereocenters. The van der Waals surface area contributed by atoms with E-state index in [9.17, 15) is 13.2 Å². The van der Waals surface area contributed by atoms with Crippen LogP contribution in [0.25, 0.3) is 0 Å². The number of carbonyl (C=O) groups is 1. The molecule has 0 aromatic carbocycles. The van der Waals surface area contributed by atoms with Crippen LogP contribution in [0.4, 0.5) is 0 Å². The van der Waals surface area contributed by atoms with Crippen molar-refractivity contribution < 1.29 is 17.9 Å². The van der Waals surface area contributed by atoms with Crippen molar-refractivity contribution in [2.45, 2.75) is 38.1 Å². The summed E-state index contributed by atoms with van der Waals surface area (Å²) in [4.78, 5) is 12.1. The number of nitrogens with zero attached hydrogens (tertiary/aromatic N) is 1. The fourth-order valence-electron chi connectivity index (χ4n) is 3.84. The molecule has 0 radical (unpaired) electrons. The van der Waals surface area contributed by atoms with E-state index in [1.807, 2.05) is 0 Å². The van der Waals surface area contributed by atoms with Gasteiger partial charge in [-0.2, -0.15) is 0 Å². The summed E-state index contributed by atoms with van der Waals surface area (Å²) in [6.45, 7) is 3.82. The van der Waals surface area contributed by atoms with Crippen LogP contribution in [0, 0.1) is 11.8 Å². The Kier molecular flexibility index (Phi) is 7.94. The number of ether oxygens (including phenoxy) is 1. The lowest BCUT2D eigenvalue weighted by atomic mass is 9.99. The van der Waals surface area contributed by atoms with E-state index in [2.05, 4.69) is 10.6 Å². The summed E-state index contributed by atoms with van der Waals surface area (Å²) in [5.74, 6) is 0.579. The number of piperidine rings is 1. The summed E-state index contributed by atoms with van der Waals surface area (Å²) in [6.07, 6.45) is 4.60. The second-order valence-electron chi connectivity index (χ2n) is 7.27. The van der Waals surface area contributed by atoms with Gasteiger partial charge >= 0.3 is 0 Å². The Morgan fingerprint density at radius 3 is 2.72 bits per heavy atom. The number of hydrogen-bond acceptors (Lipinski definition) is 5. The molecule has 1 amide bonds. The molecule has 9 heteroatoms. The molecule has 3 fully saturated rings. The van der Waals surface area contributed by atoms with Crippen molar-refractivity contribution in [3.05, 3.63) is 0 Å². The van der Waals surface area contributed by atoms with Gasteiger partial charge in [-0.25, -0.2) is 12.7 Å². The highest BCUT2D eigenvalue weighted by Gasteiger charge is 2.32. The van der Waals surface area contributed by atoms with E-state index in [1.165, 1.54) is 0 Å². The van der Waals surface area contributed by atoms with Crippen LogP contribution in [-0.4, -0.2) is 69.8 Å². The van der Waals surface area contributed by atoms with Crippen LogP contribution in [0.5, 0.6) is 0 Å². The monoisotopic (exact) mass is 395 g/mol. The maximum Gasteiger partial charge on any atom is 0.237 e. The van der Waals surface area contributed by atoms with Gasteiger partial charge in [-0.3, -0.25) is 4.79 Å². The number of nitrogens with one attached hydrogen (secondary N) is 2. The molecule has 3 saturated heterocycles. The van der Waals surface area contributed by atoms with Crippen molar-refractivity contribution in [3.8, 4) is 0 Å². The molecule has 3 atom stereocenters. The molecule has 2 N–H and O–H groups in total. The van der Waals surface area contributed by atoms with Crippen molar-refractivity contribution >= 4 is 28.3 Å². The molecule has 25 heavy (non-hydrogen) atoms. The van der Waals surface area contributed by atoms with Gasteiger partial charge in [0.25, 0.3) is 0 Å². The van der Waals surface area contributed by atoms with Crippen LogP contribution in [0.15, 0.2) is 0 Å². The highest BCUT2D eigenvalue weighted by molar-refractivity contribution is 7.89. The number of amides is 1. The van der Waals surface area contributed by atoms with Crippen LogP contribution >= 0.6 is 12.4 Å². The van der Waals surface area contributed by atoms with E-state index < -0.39 is 10.0 Å². The minimum atomic E-state index is -3.23. The van der Waals surface area contributed by atoms with E-state index in [0.29, 0.717) is 32.8 Å². The Labute approximate surface area is 156 Å². The van der Waals surface area contributed by atoms with E-state index in [4.69, 9.17) is 4.74 Å². The highest BCUT2D eigenvalue weighted by atomic mass is 35.5. The van der Waals surface area contributed by atoms with Crippen molar-refractivity contribution in [2.24, 2.45) is 11.8 Å². The van der Waals surface area contributed by atoms with E-state index >= 15 is 0 Å². The zero-order chi connectivity index (χ0) is 17.0. The Balaban J connectivity index is 0.00000225. The second-order valence-corrected chi connectivity index (χ2v) is 9.28. The van der Waals surface area contributed by atoms with Gasteiger partial charge in [0.15, 0.2) is 0 Å². The minimum absolute atomic E-state index is 0. The lowest BCUT2D eigenvalue weighted by Crippen LogP contribution is -2.47. The summed E-state index contributed by atoms with van der Waals surface area (Å²) >= 11 is 0. The maximum atomic E-state index is 12.6. The topological polar surface area (TPSA) is 87.7 Å². The molecular formula is C16H30ClN3O4S. The van der Waals surface area contributed by atoms with E-state index in [0.717, 1.165) is 38.6 Å². The first-order valence-electron chi connectivity index (χ1n) is 9.11. The third kappa shape index (κ3) is 5.79. The number of hydrogen-bond donors (Lipinski definition) is 2. The molecule has 3 aliphatic heterocycles. The maximum absolute atomic E-state index is 12.6. The van der Waals surface area contributed by atoms with E-state index in [1.54, 1.807) is 4.31 Å². The van der Waals surface area contributed by atoms with Crippen molar-refractivity contribution in [3.63, 3.8) is 0 Å². The van der Waals surface area contributed by atoms with Gasteiger partial charge in [0, 0.05) is 26.2 Å². The fourth-order valence-corrected chi connectivity index (χ4v) is 5.76. The van der Waals surface area contributed by atoms with Gasteiger partial charge < -0.3 is 15.4 Å². The van der Waals surface area contributed by atoms with Crippen LogP contribution in [0.2, 0.25) is 0 Å². The predicted molar refractivity (Wildman–Crippen MR) is 98.3 cm³/mol. The van der Waals surface area contributed by atoms with Crippen molar-refractivity contribution in [1.82, 2.24) is 14.9 Å². The summed E-state index contributed by atoms with van der Waals surface area (Å²) in [7, 11) is -3.23.